The van der Waals surface area contributed by atoms with E-state index in [9.17, 15) is 18.8 Å². The van der Waals surface area contributed by atoms with Gasteiger partial charge in [-0.15, -0.1) is 0 Å². The van der Waals surface area contributed by atoms with Gasteiger partial charge in [0.2, 0.25) is 0 Å². The Balaban J connectivity index is 2.19. The largest absolute Gasteiger partial charge is 0.468 e. The number of hydrogen-bond acceptors (Lipinski definition) is 4. The van der Waals surface area contributed by atoms with Crippen LogP contribution in [0.4, 0.5) is 9.18 Å². The fourth-order valence-corrected chi connectivity index (χ4v) is 1.63. The molecule has 0 saturated carbocycles. The Bertz CT molecular complexity index is 595. The molecule has 20 heavy (non-hydrogen) atoms. The quantitative estimate of drug-likeness (QED) is 0.506. The summed E-state index contributed by atoms with van der Waals surface area (Å²) in [7, 11) is 1.16. The van der Waals surface area contributed by atoms with Gasteiger partial charge in [0.1, 0.15) is 18.1 Å². The summed E-state index contributed by atoms with van der Waals surface area (Å²) in [5.41, 5.74) is 0.570. The Morgan fingerprint density at radius 3 is 2.60 bits per heavy atom. The molecular weight excluding hydrogens is 267 g/mol. The molecule has 0 radical (unpaired) electrons. The van der Waals surface area contributed by atoms with Crippen LogP contribution in [0.5, 0.6) is 0 Å². The number of esters is 1. The Morgan fingerprint density at radius 1 is 1.35 bits per heavy atom. The lowest BCUT2D eigenvalue weighted by molar-refractivity contribution is -0.143. The molecule has 0 atom stereocenters. The number of carbonyl (C=O) groups excluding carboxylic acids is 3. The highest BCUT2D eigenvalue weighted by Gasteiger charge is 2.35. The van der Waals surface area contributed by atoms with Gasteiger partial charge in [0.15, 0.2) is 0 Å². The van der Waals surface area contributed by atoms with E-state index in [4.69, 9.17) is 0 Å². The first kappa shape index (κ1) is 13.7. The van der Waals surface area contributed by atoms with E-state index in [0.29, 0.717) is 5.56 Å². The van der Waals surface area contributed by atoms with E-state index in [1.165, 1.54) is 30.3 Å². The molecule has 0 bridgehead atoms. The van der Waals surface area contributed by atoms with Crippen LogP contribution in [0.25, 0.3) is 6.08 Å². The van der Waals surface area contributed by atoms with E-state index in [1.807, 2.05) is 0 Å². The van der Waals surface area contributed by atoms with Crippen molar-refractivity contribution in [1.29, 1.82) is 0 Å². The molecule has 104 valence electrons. The average Bonchev–Trinajstić information content (AvgIpc) is 2.69. The van der Waals surface area contributed by atoms with Gasteiger partial charge in [0.25, 0.3) is 5.91 Å². The van der Waals surface area contributed by atoms with Crippen LogP contribution in [0.15, 0.2) is 30.0 Å². The van der Waals surface area contributed by atoms with Crippen molar-refractivity contribution in [2.75, 3.05) is 13.7 Å². The number of hydrogen-bond donors (Lipinski definition) is 1. The third kappa shape index (κ3) is 2.82. The summed E-state index contributed by atoms with van der Waals surface area (Å²) in [6, 6.07) is 4.70. The van der Waals surface area contributed by atoms with Crippen molar-refractivity contribution in [2.24, 2.45) is 0 Å². The number of benzene rings is 1. The van der Waals surface area contributed by atoms with E-state index in [2.05, 4.69) is 10.1 Å². The summed E-state index contributed by atoms with van der Waals surface area (Å²) in [6.45, 7) is -0.456. The highest BCUT2D eigenvalue weighted by atomic mass is 19.1. The van der Waals surface area contributed by atoms with Crippen molar-refractivity contribution in [3.63, 3.8) is 0 Å². The number of nitrogens with one attached hydrogen (secondary N) is 1. The number of amides is 3. The van der Waals surface area contributed by atoms with Crippen LogP contribution in [0.1, 0.15) is 5.56 Å². The molecule has 3 amide bonds. The number of rotatable bonds is 3. The van der Waals surface area contributed by atoms with Gasteiger partial charge in [-0.3, -0.25) is 9.59 Å². The van der Waals surface area contributed by atoms with Gasteiger partial charge in [-0.2, -0.15) is 0 Å². The van der Waals surface area contributed by atoms with Crippen molar-refractivity contribution in [1.82, 2.24) is 10.2 Å². The number of halogens is 1. The number of urea groups is 1. The van der Waals surface area contributed by atoms with E-state index < -0.39 is 30.3 Å². The highest BCUT2D eigenvalue weighted by molar-refractivity contribution is 6.15. The third-order valence-electron chi connectivity index (χ3n) is 2.66. The van der Waals surface area contributed by atoms with Gasteiger partial charge in [-0.05, 0) is 23.8 Å². The molecule has 0 aromatic heterocycles. The van der Waals surface area contributed by atoms with Gasteiger partial charge in [0, 0.05) is 0 Å². The topological polar surface area (TPSA) is 75.7 Å². The average molecular weight is 278 g/mol. The molecule has 1 heterocycles. The maximum Gasteiger partial charge on any atom is 0.329 e. The first-order chi connectivity index (χ1) is 9.51. The number of ether oxygens (including phenoxy) is 1. The minimum atomic E-state index is -0.700. The number of imide groups is 1. The summed E-state index contributed by atoms with van der Waals surface area (Å²) < 4.78 is 17.2. The van der Waals surface area contributed by atoms with E-state index in [1.54, 1.807) is 0 Å². The molecule has 1 fully saturated rings. The molecule has 2 rings (SSSR count). The summed E-state index contributed by atoms with van der Waals surface area (Å²) in [6.07, 6.45) is 1.40. The lowest BCUT2D eigenvalue weighted by Crippen LogP contribution is -2.36. The standard InChI is InChI=1S/C13H11FN2O4/c1-20-11(17)7-16-12(18)10(15-13(16)19)6-8-2-4-9(14)5-3-8/h2-6H,7H2,1H3,(H,15,19). The van der Waals surface area contributed by atoms with Crippen molar-refractivity contribution in [3.8, 4) is 0 Å². The van der Waals surface area contributed by atoms with Gasteiger partial charge in [-0.25, -0.2) is 14.1 Å². The van der Waals surface area contributed by atoms with Crippen LogP contribution >= 0.6 is 0 Å². The normalized spacial score (nSPS) is 16.5. The second kappa shape index (κ2) is 5.52. The maximum absolute atomic E-state index is 12.8. The minimum Gasteiger partial charge on any atom is -0.468 e. The lowest BCUT2D eigenvalue weighted by atomic mass is 10.2. The molecule has 0 spiro atoms. The molecule has 7 heteroatoms. The van der Waals surface area contributed by atoms with Gasteiger partial charge in [0.05, 0.1) is 7.11 Å². The Morgan fingerprint density at radius 2 is 2.00 bits per heavy atom. The van der Waals surface area contributed by atoms with Gasteiger partial charge < -0.3 is 10.1 Å². The fourth-order valence-electron chi connectivity index (χ4n) is 1.63. The van der Waals surface area contributed by atoms with E-state index in [-0.39, 0.29) is 5.70 Å². The fraction of sp³-hybridized carbons (Fsp3) is 0.154. The van der Waals surface area contributed by atoms with Gasteiger partial charge >= 0.3 is 12.0 Å². The van der Waals surface area contributed by atoms with Crippen molar-refractivity contribution >= 4 is 24.0 Å². The predicted molar refractivity (Wildman–Crippen MR) is 66.6 cm³/mol. The van der Waals surface area contributed by atoms with Crippen molar-refractivity contribution in [3.05, 3.63) is 41.3 Å². The summed E-state index contributed by atoms with van der Waals surface area (Å²) in [5.74, 6) is -1.73. The number of nitrogens with zero attached hydrogens (tertiary/aromatic N) is 1. The zero-order chi connectivity index (χ0) is 14.7. The highest BCUT2D eigenvalue weighted by Crippen LogP contribution is 2.14. The van der Waals surface area contributed by atoms with Crippen LogP contribution in [0, 0.1) is 5.82 Å². The predicted octanol–water partition coefficient (Wildman–Crippen LogP) is 0.891. The zero-order valence-electron chi connectivity index (χ0n) is 10.6. The van der Waals surface area contributed by atoms with Gasteiger partial charge in [-0.1, -0.05) is 12.1 Å². The second-order valence-electron chi connectivity index (χ2n) is 4.01. The monoisotopic (exact) mass is 278 g/mol. The first-order valence-electron chi connectivity index (χ1n) is 5.68. The summed E-state index contributed by atoms with van der Waals surface area (Å²) in [4.78, 5) is 35.3. The van der Waals surface area contributed by atoms with Crippen molar-refractivity contribution < 1.29 is 23.5 Å². The SMILES string of the molecule is COC(=O)CN1C(=O)NC(=Cc2ccc(F)cc2)C1=O. The molecule has 0 aliphatic carbocycles. The van der Waals surface area contributed by atoms with Crippen LogP contribution < -0.4 is 5.32 Å². The number of carbonyl (C=O) groups is 3. The first-order valence-corrected chi connectivity index (χ1v) is 5.68. The van der Waals surface area contributed by atoms with E-state index in [0.717, 1.165) is 12.0 Å². The Labute approximate surface area is 113 Å². The molecule has 1 aliphatic heterocycles. The summed E-state index contributed by atoms with van der Waals surface area (Å²) in [5, 5.41) is 2.34. The van der Waals surface area contributed by atoms with E-state index >= 15 is 0 Å². The molecule has 0 unspecified atom stereocenters. The molecule has 1 N–H and O–H groups in total. The Hall–Kier alpha value is -2.70. The molecule has 6 nitrogen and oxygen atoms in total. The molecular formula is C13H11FN2O4. The molecule has 1 aromatic rings. The van der Waals surface area contributed by atoms with Crippen LogP contribution in [-0.4, -0.2) is 36.5 Å². The van der Waals surface area contributed by atoms with Crippen LogP contribution in [0.2, 0.25) is 0 Å². The second-order valence-corrected chi connectivity index (χ2v) is 4.01. The minimum absolute atomic E-state index is 0.0190. The third-order valence-corrected chi connectivity index (χ3v) is 2.66. The molecule has 1 aliphatic rings. The lowest BCUT2D eigenvalue weighted by Gasteiger charge is -2.08. The Kier molecular flexibility index (Phi) is 3.79. The molecule has 1 saturated heterocycles. The van der Waals surface area contributed by atoms with Crippen LogP contribution in [-0.2, 0) is 14.3 Å². The molecule has 1 aromatic carbocycles. The van der Waals surface area contributed by atoms with Crippen molar-refractivity contribution in [2.45, 2.75) is 0 Å². The maximum atomic E-state index is 12.8. The zero-order valence-corrected chi connectivity index (χ0v) is 10.6. The summed E-state index contributed by atoms with van der Waals surface area (Å²) >= 11 is 0. The number of methoxy groups -OCH3 is 1. The smallest absolute Gasteiger partial charge is 0.329 e. The van der Waals surface area contributed by atoms with Crippen LogP contribution in [0.3, 0.4) is 0 Å².